The van der Waals surface area contributed by atoms with E-state index in [-0.39, 0.29) is 18.7 Å². The second kappa shape index (κ2) is 6.80. The van der Waals surface area contributed by atoms with Gasteiger partial charge in [0.15, 0.2) is 0 Å². The molecule has 1 saturated heterocycles. The van der Waals surface area contributed by atoms with Crippen LogP contribution < -0.4 is 16.0 Å². The van der Waals surface area contributed by atoms with Crippen LogP contribution in [0.25, 0.3) is 10.7 Å². The number of carbonyl (C=O) groups excluding carboxylic acids is 1. The van der Waals surface area contributed by atoms with Crippen molar-refractivity contribution in [2.45, 2.75) is 19.3 Å². The van der Waals surface area contributed by atoms with Crippen molar-refractivity contribution < 1.29 is 23.9 Å². The maximum Gasteiger partial charge on any atom is 0.272 e. The fourth-order valence-electron chi connectivity index (χ4n) is 2.21. The molecule has 0 atom stereocenters. The zero-order valence-corrected chi connectivity index (χ0v) is 13.9. The maximum absolute atomic E-state index is 13.2. The standard InChI is InChI=1S/C14H16BrF2N3O2/c1-9(15)12-10(7-18-22-2)3-4-11(19-12)13(21)20-6-5-14(16,17)8-20/h3-4,7,18H,5-6,8H2,1-2H3/p+1/b10-7-,12-9-. The fourth-order valence-corrected chi connectivity index (χ4v) is 2.53. The van der Waals surface area contributed by atoms with E-state index in [1.807, 2.05) is 0 Å². The van der Waals surface area contributed by atoms with Crippen LogP contribution in [0.3, 0.4) is 0 Å². The molecule has 1 fully saturated rings. The van der Waals surface area contributed by atoms with Gasteiger partial charge in [-0.15, -0.1) is 0 Å². The number of nitrogens with zero attached hydrogens (tertiary/aromatic N) is 2. The fraction of sp³-hybridized carbons (Fsp3) is 0.429. The molecule has 0 spiro atoms. The molecule has 2 N–H and O–H groups in total. The third-order valence-electron chi connectivity index (χ3n) is 3.31. The molecule has 0 bridgehead atoms. The molecule has 0 saturated carbocycles. The normalized spacial score (nSPS) is 19.5. The van der Waals surface area contributed by atoms with E-state index >= 15 is 0 Å². The minimum Gasteiger partial charge on any atom is -0.331 e. The molecule has 8 heteroatoms. The van der Waals surface area contributed by atoms with Gasteiger partial charge in [0.2, 0.25) is 0 Å². The monoisotopic (exact) mass is 376 g/mol. The Kier molecular flexibility index (Phi) is 5.25. The van der Waals surface area contributed by atoms with Crippen molar-refractivity contribution >= 4 is 32.5 Å². The van der Waals surface area contributed by atoms with Crippen molar-refractivity contribution in [2.24, 2.45) is 0 Å². The molecule has 0 radical (unpaired) electrons. The Morgan fingerprint density at radius 1 is 1.55 bits per heavy atom. The molecule has 0 aliphatic carbocycles. The smallest absolute Gasteiger partial charge is 0.272 e. The van der Waals surface area contributed by atoms with E-state index in [4.69, 9.17) is 4.84 Å². The first-order valence-corrected chi connectivity index (χ1v) is 7.50. The Bertz CT molecular complexity index is 690. The number of nitrogens with two attached hydrogens (primary N) is 1. The number of alkyl halides is 2. The third-order valence-corrected chi connectivity index (χ3v) is 3.69. The summed E-state index contributed by atoms with van der Waals surface area (Å²) in [6, 6.07) is 3.25. The van der Waals surface area contributed by atoms with Crippen LogP contribution in [0, 0.1) is 0 Å². The SMILES string of the molecule is CO[NH2+]/C=c1/ccc(C(=O)N2CCC(F)(F)C2)n/c1=C(/C)Br. The van der Waals surface area contributed by atoms with Crippen LogP contribution in [0.4, 0.5) is 8.78 Å². The lowest BCUT2D eigenvalue weighted by Gasteiger charge is -2.15. The molecule has 2 rings (SSSR count). The Hall–Kier alpha value is -1.38. The summed E-state index contributed by atoms with van der Waals surface area (Å²) >= 11 is 3.34. The van der Waals surface area contributed by atoms with E-state index in [2.05, 4.69) is 20.9 Å². The highest BCUT2D eigenvalue weighted by atomic mass is 79.9. The average molecular weight is 377 g/mol. The zero-order valence-electron chi connectivity index (χ0n) is 12.3. The molecule has 1 amide bonds. The first-order valence-electron chi connectivity index (χ1n) is 6.71. The molecule has 1 aliphatic heterocycles. The predicted molar refractivity (Wildman–Crippen MR) is 80.4 cm³/mol. The van der Waals surface area contributed by atoms with Crippen molar-refractivity contribution in [1.29, 1.82) is 0 Å². The van der Waals surface area contributed by atoms with E-state index in [0.717, 1.165) is 14.6 Å². The van der Waals surface area contributed by atoms with Gasteiger partial charge in [0.05, 0.1) is 24.2 Å². The largest absolute Gasteiger partial charge is 0.331 e. The first kappa shape index (κ1) is 17.0. The summed E-state index contributed by atoms with van der Waals surface area (Å²) in [7, 11) is 1.53. The summed E-state index contributed by atoms with van der Waals surface area (Å²) in [6.45, 7) is 1.29. The molecule has 22 heavy (non-hydrogen) atoms. The van der Waals surface area contributed by atoms with Gasteiger partial charge in [0, 0.05) is 17.4 Å². The van der Waals surface area contributed by atoms with Crippen molar-refractivity contribution in [3.8, 4) is 0 Å². The summed E-state index contributed by atoms with van der Waals surface area (Å²) in [4.78, 5) is 22.6. The van der Waals surface area contributed by atoms with Gasteiger partial charge >= 0.3 is 0 Å². The summed E-state index contributed by atoms with van der Waals surface area (Å²) in [5, 5.41) is 1.34. The number of amides is 1. The number of aromatic nitrogens is 1. The molecule has 1 aromatic heterocycles. The van der Waals surface area contributed by atoms with Crippen LogP contribution in [0.1, 0.15) is 23.8 Å². The minimum atomic E-state index is -2.81. The molecule has 1 aromatic rings. The second-order valence-electron chi connectivity index (χ2n) is 5.04. The molecular formula is C14H17BrF2N3O2+. The minimum absolute atomic E-state index is 0.0468. The lowest BCUT2D eigenvalue weighted by Crippen LogP contribution is -2.76. The highest BCUT2D eigenvalue weighted by Crippen LogP contribution is 2.27. The number of hydroxylamine groups is 1. The van der Waals surface area contributed by atoms with Gasteiger partial charge in [0.1, 0.15) is 11.9 Å². The van der Waals surface area contributed by atoms with E-state index in [1.54, 1.807) is 19.2 Å². The van der Waals surface area contributed by atoms with E-state index < -0.39 is 18.4 Å². The molecular weight excluding hydrogens is 360 g/mol. The van der Waals surface area contributed by atoms with Gasteiger partial charge in [0.25, 0.3) is 11.8 Å². The Balaban J connectivity index is 2.36. The van der Waals surface area contributed by atoms with E-state index in [9.17, 15) is 13.6 Å². The lowest BCUT2D eigenvalue weighted by atomic mass is 10.2. The molecule has 2 heterocycles. The highest BCUT2D eigenvalue weighted by Gasteiger charge is 2.40. The molecule has 120 valence electrons. The summed E-state index contributed by atoms with van der Waals surface area (Å²) in [6.07, 6.45) is 1.41. The van der Waals surface area contributed by atoms with Gasteiger partial charge in [-0.2, -0.15) is 5.48 Å². The van der Waals surface area contributed by atoms with E-state index in [1.165, 1.54) is 18.7 Å². The zero-order chi connectivity index (χ0) is 16.3. The summed E-state index contributed by atoms with van der Waals surface area (Å²) in [5.74, 6) is -3.29. The molecule has 1 aliphatic rings. The number of rotatable bonds is 3. The van der Waals surface area contributed by atoms with Crippen LogP contribution in [-0.2, 0) is 4.84 Å². The quantitative estimate of drug-likeness (QED) is 0.752. The Morgan fingerprint density at radius 3 is 2.82 bits per heavy atom. The average Bonchev–Trinajstić information content (AvgIpc) is 2.84. The second-order valence-corrected chi connectivity index (χ2v) is 6.23. The first-order chi connectivity index (χ1) is 10.3. The van der Waals surface area contributed by atoms with E-state index in [0.29, 0.717) is 5.35 Å². The summed E-state index contributed by atoms with van der Waals surface area (Å²) < 4.78 is 27.2. The van der Waals surface area contributed by atoms with Crippen LogP contribution in [0.2, 0.25) is 0 Å². The predicted octanol–water partition coefficient (Wildman–Crippen LogP) is -0.0514. The number of hydrogen-bond donors (Lipinski definition) is 1. The van der Waals surface area contributed by atoms with Crippen LogP contribution in [-0.4, -0.2) is 41.9 Å². The van der Waals surface area contributed by atoms with Gasteiger partial charge < -0.3 is 4.90 Å². The number of likely N-dealkylation sites (tertiary alicyclic amines) is 1. The summed E-state index contributed by atoms with van der Waals surface area (Å²) in [5.41, 5.74) is 1.65. The van der Waals surface area contributed by atoms with Gasteiger partial charge in [-0.1, -0.05) is 15.9 Å². The van der Waals surface area contributed by atoms with Gasteiger partial charge in [-0.05, 0) is 19.1 Å². The highest BCUT2D eigenvalue weighted by molar-refractivity contribution is 9.14. The van der Waals surface area contributed by atoms with Crippen molar-refractivity contribution in [2.75, 3.05) is 20.2 Å². The molecule has 0 unspecified atom stereocenters. The molecule has 0 aromatic carbocycles. The molecule has 5 nitrogen and oxygen atoms in total. The lowest BCUT2D eigenvalue weighted by molar-refractivity contribution is -0.817. The van der Waals surface area contributed by atoms with Crippen LogP contribution in [0.15, 0.2) is 12.1 Å². The van der Waals surface area contributed by atoms with Crippen LogP contribution in [0.5, 0.6) is 0 Å². The van der Waals surface area contributed by atoms with Crippen LogP contribution >= 0.6 is 15.9 Å². The number of carbonyl (C=O) groups is 1. The third kappa shape index (κ3) is 3.88. The van der Waals surface area contributed by atoms with Crippen molar-refractivity contribution in [3.05, 3.63) is 28.4 Å². The van der Waals surface area contributed by atoms with Crippen molar-refractivity contribution in [1.82, 2.24) is 9.88 Å². The topological polar surface area (TPSA) is 59.0 Å². The number of quaternary nitrogens is 1. The number of hydrogen-bond acceptors (Lipinski definition) is 3. The van der Waals surface area contributed by atoms with Gasteiger partial charge in [-0.3, -0.25) is 4.79 Å². The van der Waals surface area contributed by atoms with Crippen molar-refractivity contribution in [3.63, 3.8) is 0 Å². The Labute approximate surface area is 134 Å². The Morgan fingerprint density at radius 2 is 2.27 bits per heavy atom. The van der Waals surface area contributed by atoms with Gasteiger partial charge in [-0.25, -0.2) is 18.6 Å². The number of pyridine rings is 1. The number of halogens is 3. The maximum atomic E-state index is 13.2.